The van der Waals surface area contributed by atoms with Gasteiger partial charge < -0.3 is 15.2 Å². The number of nitrogens with zero attached hydrogens (tertiary/aromatic N) is 2. The molecule has 1 aromatic carbocycles. The maximum absolute atomic E-state index is 10.9. The number of ether oxygens (including phenoxy) is 2. The van der Waals surface area contributed by atoms with Gasteiger partial charge in [-0.05, 0) is 37.3 Å². The number of fused-ring (bicyclic) bond motifs is 2. The highest BCUT2D eigenvalue weighted by molar-refractivity contribution is 5.94. The van der Waals surface area contributed by atoms with Gasteiger partial charge in [0.1, 0.15) is 0 Å². The molecule has 0 saturated heterocycles. The molecule has 1 aliphatic rings. The Hall–Kier alpha value is -2.57. The molecule has 1 atom stereocenters. The maximum Gasteiger partial charge on any atom is 0.207 e. The van der Waals surface area contributed by atoms with E-state index in [-0.39, 0.29) is 17.4 Å². The molecule has 1 heterocycles. The highest BCUT2D eigenvalue weighted by Crippen LogP contribution is 2.37. The molecule has 2 aromatic rings. The molecular weight excluding hydrogens is 310 g/mol. The van der Waals surface area contributed by atoms with E-state index in [1.165, 1.54) is 0 Å². The first-order chi connectivity index (χ1) is 11.5. The Balaban J connectivity index is 2.11. The quantitative estimate of drug-likeness (QED) is 0.525. The zero-order chi connectivity index (χ0) is 17.3. The summed E-state index contributed by atoms with van der Waals surface area (Å²) in [6.45, 7) is -0.0228. The van der Waals surface area contributed by atoms with E-state index in [9.17, 15) is 10.1 Å². The topological polar surface area (TPSA) is 101 Å². The van der Waals surface area contributed by atoms with Crippen LogP contribution in [-0.2, 0) is 12.8 Å². The highest BCUT2D eigenvalue weighted by Gasteiger charge is 2.24. The molecule has 24 heavy (non-hydrogen) atoms. The zero-order valence-corrected chi connectivity index (χ0v) is 13.9. The average Bonchev–Trinajstić information content (AvgIpc) is 2.75. The summed E-state index contributed by atoms with van der Waals surface area (Å²) in [5.74, 6) is 1.20. The van der Waals surface area contributed by atoms with E-state index in [1.807, 2.05) is 6.07 Å². The smallest absolute Gasteiger partial charge is 0.207 e. The summed E-state index contributed by atoms with van der Waals surface area (Å²) < 4.78 is 10.7. The van der Waals surface area contributed by atoms with Gasteiger partial charge in [-0.1, -0.05) is 0 Å². The molecule has 2 N–H and O–H groups in total. The van der Waals surface area contributed by atoms with Crippen molar-refractivity contribution >= 4 is 16.6 Å². The number of rotatable bonds is 4. The molecule has 7 nitrogen and oxygen atoms in total. The van der Waals surface area contributed by atoms with Gasteiger partial charge in [0.25, 0.3) is 0 Å². The van der Waals surface area contributed by atoms with E-state index in [2.05, 4.69) is 0 Å². The van der Waals surface area contributed by atoms with Crippen LogP contribution in [0.4, 0.5) is 5.69 Å². The number of hydrogen-bond donors (Lipinski definition) is 1. The number of anilines is 1. The SMILES string of the molecule is COc1cc2nc3c(c(N)c2cc1OC)CCCC(C[N+](=O)[O-])C3. The van der Waals surface area contributed by atoms with Gasteiger partial charge in [0.05, 0.1) is 19.7 Å². The van der Waals surface area contributed by atoms with E-state index < -0.39 is 0 Å². The third-order valence-corrected chi connectivity index (χ3v) is 4.65. The summed E-state index contributed by atoms with van der Waals surface area (Å²) in [5.41, 5.74) is 9.71. The molecule has 0 fully saturated rings. The van der Waals surface area contributed by atoms with E-state index in [0.717, 1.165) is 41.4 Å². The monoisotopic (exact) mass is 331 g/mol. The minimum absolute atomic E-state index is 0.00532. The Bertz CT molecular complexity index is 791. The standard InChI is InChI=1S/C17H21N3O4/c1-23-15-7-12-14(8-16(15)24-2)19-13-6-10(9-20(21)22)4-3-5-11(13)17(12)18/h7-8,10H,3-6,9H2,1-2H3,(H2,18,19). The van der Waals surface area contributed by atoms with Gasteiger partial charge in [-0.25, -0.2) is 0 Å². The van der Waals surface area contributed by atoms with Gasteiger partial charge >= 0.3 is 0 Å². The fourth-order valence-corrected chi connectivity index (χ4v) is 3.46. The number of methoxy groups -OCH3 is 2. The predicted octanol–water partition coefficient (Wildman–Crippen LogP) is 2.61. The predicted molar refractivity (Wildman–Crippen MR) is 91.3 cm³/mol. The molecule has 0 amide bonds. The summed E-state index contributed by atoms with van der Waals surface area (Å²) in [6.07, 6.45) is 3.09. The largest absolute Gasteiger partial charge is 0.493 e. The van der Waals surface area contributed by atoms with Crippen LogP contribution in [0.25, 0.3) is 10.9 Å². The summed E-state index contributed by atoms with van der Waals surface area (Å²) in [5, 5.41) is 11.7. The molecule has 0 aliphatic heterocycles. The zero-order valence-electron chi connectivity index (χ0n) is 13.9. The molecule has 0 saturated carbocycles. The van der Waals surface area contributed by atoms with E-state index in [0.29, 0.717) is 23.6 Å². The number of nitrogen functional groups attached to an aromatic ring is 1. The fraction of sp³-hybridized carbons (Fsp3) is 0.471. The third-order valence-electron chi connectivity index (χ3n) is 4.65. The number of nitro groups is 1. The Morgan fingerprint density at radius 3 is 2.71 bits per heavy atom. The van der Waals surface area contributed by atoms with Crippen molar-refractivity contribution in [3.63, 3.8) is 0 Å². The number of pyridine rings is 1. The molecule has 3 rings (SSSR count). The Morgan fingerprint density at radius 2 is 2.04 bits per heavy atom. The molecular formula is C17H21N3O4. The first kappa shape index (κ1) is 16.3. The van der Waals surface area contributed by atoms with E-state index >= 15 is 0 Å². The lowest BCUT2D eigenvalue weighted by Gasteiger charge is -2.15. The molecule has 0 bridgehead atoms. The molecule has 0 radical (unpaired) electrons. The first-order valence-electron chi connectivity index (χ1n) is 7.98. The van der Waals surface area contributed by atoms with Crippen molar-refractivity contribution in [3.8, 4) is 11.5 Å². The van der Waals surface area contributed by atoms with E-state index in [1.54, 1.807) is 20.3 Å². The van der Waals surface area contributed by atoms with Gasteiger partial charge in [0.15, 0.2) is 11.5 Å². The Labute approximate surface area is 139 Å². The van der Waals surface area contributed by atoms with Crippen LogP contribution in [0.15, 0.2) is 12.1 Å². The van der Waals surface area contributed by atoms with Crippen molar-refractivity contribution < 1.29 is 14.4 Å². The molecule has 1 aromatic heterocycles. The minimum Gasteiger partial charge on any atom is -0.493 e. The second kappa shape index (κ2) is 6.51. The van der Waals surface area contributed by atoms with Crippen LogP contribution >= 0.6 is 0 Å². The number of aromatic nitrogens is 1. The van der Waals surface area contributed by atoms with Crippen LogP contribution in [-0.4, -0.2) is 30.7 Å². The van der Waals surface area contributed by atoms with Crippen molar-refractivity contribution in [2.75, 3.05) is 26.5 Å². The molecule has 128 valence electrons. The lowest BCUT2D eigenvalue weighted by Crippen LogP contribution is -2.16. The second-order valence-electron chi connectivity index (χ2n) is 6.15. The van der Waals surface area contributed by atoms with Gasteiger partial charge in [0, 0.05) is 33.7 Å². The molecule has 0 spiro atoms. The fourth-order valence-electron chi connectivity index (χ4n) is 3.46. The number of hydrogen-bond acceptors (Lipinski definition) is 6. The van der Waals surface area contributed by atoms with Crippen LogP contribution in [0.3, 0.4) is 0 Å². The van der Waals surface area contributed by atoms with Crippen molar-refractivity contribution in [2.45, 2.75) is 25.7 Å². The second-order valence-corrected chi connectivity index (χ2v) is 6.15. The molecule has 1 aliphatic carbocycles. The van der Waals surface area contributed by atoms with E-state index in [4.69, 9.17) is 20.2 Å². The molecule has 7 heteroatoms. The van der Waals surface area contributed by atoms with Crippen LogP contribution < -0.4 is 15.2 Å². The Kier molecular flexibility index (Phi) is 4.42. The molecule has 1 unspecified atom stereocenters. The number of benzene rings is 1. The first-order valence-corrected chi connectivity index (χ1v) is 7.98. The average molecular weight is 331 g/mol. The van der Waals surface area contributed by atoms with Crippen LogP contribution in [0.2, 0.25) is 0 Å². The van der Waals surface area contributed by atoms with Gasteiger partial charge in [-0.15, -0.1) is 0 Å². The van der Waals surface area contributed by atoms with Gasteiger partial charge in [0.2, 0.25) is 6.54 Å². The lowest BCUT2D eigenvalue weighted by atomic mass is 9.99. The normalized spacial score (nSPS) is 17.2. The van der Waals surface area contributed by atoms with Crippen molar-refractivity contribution in [1.82, 2.24) is 4.98 Å². The van der Waals surface area contributed by atoms with Crippen LogP contribution in [0.5, 0.6) is 11.5 Å². The Morgan fingerprint density at radius 1 is 1.33 bits per heavy atom. The minimum atomic E-state index is -0.242. The summed E-state index contributed by atoms with van der Waals surface area (Å²) >= 11 is 0. The van der Waals surface area contributed by atoms with Crippen molar-refractivity contribution in [1.29, 1.82) is 0 Å². The van der Waals surface area contributed by atoms with Gasteiger partial charge in [-0.3, -0.25) is 15.1 Å². The van der Waals surface area contributed by atoms with Crippen LogP contribution in [0, 0.1) is 16.0 Å². The maximum atomic E-state index is 10.9. The summed E-state index contributed by atoms with van der Waals surface area (Å²) in [7, 11) is 3.16. The summed E-state index contributed by atoms with van der Waals surface area (Å²) in [4.78, 5) is 15.4. The van der Waals surface area contributed by atoms with Crippen molar-refractivity contribution in [3.05, 3.63) is 33.5 Å². The third kappa shape index (κ3) is 2.93. The van der Waals surface area contributed by atoms with Crippen LogP contribution in [0.1, 0.15) is 24.1 Å². The highest BCUT2D eigenvalue weighted by atomic mass is 16.6. The lowest BCUT2D eigenvalue weighted by molar-refractivity contribution is -0.488. The number of nitrogens with two attached hydrogens (primary N) is 1. The van der Waals surface area contributed by atoms with Gasteiger partial charge in [-0.2, -0.15) is 0 Å². The summed E-state index contributed by atoms with van der Waals surface area (Å²) in [6, 6.07) is 3.65. The van der Waals surface area contributed by atoms with Crippen molar-refractivity contribution in [2.24, 2.45) is 5.92 Å².